The number of alkyl halides is 7. The van der Waals surface area contributed by atoms with Gasteiger partial charge in [0.25, 0.3) is 11.4 Å². The van der Waals surface area contributed by atoms with Gasteiger partial charge in [-0.3, -0.25) is 4.79 Å². The van der Waals surface area contributed by atoms with Crippen LogP contribution in [0.1, 0.15) is 132 Å². The summed E-state index contributed by atoms with van der Waals surface area (Å²) >= 11 is 0. The predicted octanol–water partition coefficient (Wildman–Crippen LogP) is 9.70. The Kier molecular flexibility index (Phi) is 11.2. The smallest absolute Gasteiger partial charge is 0.430 e. The number of hydrogen-bond donors (Lipinski definition) is 1. The van der Waals surface area contributed by atoms with Crippen LogP contribution in [-0.4, -0.2) is 52.4 Å². The van der Waals surface area contributed by atoms with E-state index in [-0.39, 0.29) is 29.0 Å². The van der Waals surface area contributed by atoms with Crippen molar-refractivity contribution in [3.05, 3.63) is 59.2 Å². The molecular weight excluding hydrogens is 729 g/mol. The highest BCUT2D eigenvalue weighted by Gasteiger charge is 2.71. The second-order valence-corrected chi connectivity index (χ2v) is 15.3. The highest BCUT2D eigenvalue weighted by Crippen LogP contribution is 2.51. The van der Waals surface area contributed by atoms with E-state index in [1.807, 2.05) is 6.92 Å². The van der Waals surface area contributed by atoms with Gasteiger partial charge in [-0.1, -0.05) is 51.1 Å². The van der Waals surface area contributed by atoms with Gasteiger partial charge < -0.3 is 24.1 Å². The minimum Gasteiger partial charge on any atom is -0.459 e. The number of ether oxygens (including phenoxy) is 4. The zero-order chi connectivity index (χ0) is 40.0. The number of fused-ring (bicyclic) bond motifs is 1. The first-order valence-corrected chi connectivity index (χ1v) is 18.2. The molecule has 1 heterocycles. The van der Waals surface area contributed by atoms with Gasteiger partial charge in [0, 0.05) is 24.8 Å². The number of esters is 3. The summed E-state index contributed by atoms with van der Waals surface area (Å²) in [4.78, 5) is 41.1. The quantitative estimate of drug-likeness (QED) is 0.129. The summed E-state index contributed by atoms with van der Waals surface area (Å²) in [6.07, 6.45) is -8.03. The van der Waals surface area contributed by atoms with Gasteiger partial charge in [0.05, 0.1) is 5.41 Å². The molecule has 0 radical (unpaired) electrons. The molecule has 5 rings (SSSR count). The minimum absolute atomic E-state index is 0.109. The summed E-state index contributed by atoms with van der Waals surface area (Å²) in [7, 11) is 0. The lowest BCUT2D eigenvalue weighted by molar-refractivity contribution is -0.376. The van der Waals surface area contributed by atoms with Gasteiger partial charge in [-0.25, -0.2) is 14.0 Å². The Labute approximate surface area is 308 Å². The molecule has 3 atom stereocenters. The van der Waals surface area contributed by atoms with E-state index in [0.717, 1.165) is 37.8 Å². The van der Waals surface area contributed by atoms with E-state index in [9.17, 15) is 45.8 Å². The van der Waals surface area contributed by atoms with E-state index in [1.54, 1.807) is 0 Å². The summed E-state index contributed by atoms with van der Waals surface area (Å²) < 4.78 is 121. The van der Waals surface area contributed by atoms with Crippen LogP contribution >= 0.6 is 0 Å². The second kappa shape index (κ2) is 14.6. The topological polar surface area (TPSA) is 108 Å². The van der Waals surface area contributed by atoms with Crippen LogP contribution in [-0.2, 0) is 24.7 Å². The van der Waals surface area contributed by atoms with Crippen molar-refractivity contribution in [1.29, 1.82) is 0 Å². The van der Waals surface area contributed by atoms with Gasteiger partial charge in [-0.15, -0.1) is 0 Å². The van der Waals surface area contributed by atoms with E-state index in [1.165, 1.54) is 39.0 Å². The molecule has 2 saturated carbocycles. The third-order valence-electron chi connectivity index (χ3n) is 11.4. The molecule has 1 aliphatic heterocycles. The minimum atomic E-state index is -6.08. The summed E-state index contributed by atoms with van der Waals surface area (Å²) in [5.41, 5.74) is -12.1. The van der Waals surface area contributed by atoms with Crippen LogP contribution in [0.2, 0.25) is 0 Å². The van der Waals surface area contributed by atoms with Crippen LogP contribution in [0.25, 0.3) is 0 Å². The standard InChI is InChI=1S/C39H45F7O8/c1-5-34(18-7-8-19-34)54-31(48)33(4,22-24(3)25-14-16-26(17-15-25)37(50,38(41,42)43)39(44,45)46)23-35(40,6-2)32(49)51-27-12-11-13-28-29(27)30(47)53-36(52-28)20-9-10-21-36/h11-17,24,50H,5-10,18-23H2,1-4H3. The maximum absolute atomic E-state index is 17.1. The number of carbonyl (C=O) groups excluding carboxylic acids is 3. The fourth-order valence-corrected chi connectivity index (χ4v) is 8.02. The highest BCUT2D eigenvalue weighted by atomic mass is 19.4. The second-order valence-electron chi connectivity index (χ2n) is 15.3. The van der Waals surface area contributed by atoms with Crippen molar-refractivity contribution in [2.75, 3.05) is 0 Å². The third-order valence-corrected chi connectivity index (χ3v) is 11.4. The zero-order valence-electron chi connectivity index (χ0n) is 30.6. The third kappa shape index (κ3) is 7.66. The van der Waals surface area contributed by atoms with Gasteiger partial charge in [0.15, 0.2) is 0 Å². The fourth-order valence-electron chi connectivity index (χ4n) is 8.02. The van der Waals surface area contributed by atoms with Crippen LogP contribution in [0.5, 0.6) is 11.5 Å². The molecule has 2 aliphatic carbocycles. The van der Waals surface area contributed by atoms with E-state index in [0.29, 0.717) is 44.2 Å². The summed E-state index contributed by atoms with van der Waals surface area (Å²) in [5.74, 6) is -5.19. The van der Waals surface area contributed by atoms with Gasteiger partial charge in [0.2, 0.25) is 5.67 Å². The molecule has 0 amide bonds. The first kappa shape index (κ1) is 41.3. The lowest BCUT2D eigenvalue weighted by atomic mass is 9.71. The van der Waals surface area contributed by atoms with Crippen LogP contribution < -0.4 is 9.47 Å². The number of benzene rings is 2. The predicted molar refractivity (Wildman–Crippen MR) is 179 cm³/mol. The number of halogens is 7. The summed E-state index contributed by atoms with van der Waals surface area (Å²) in [6.45, 7) is 6.13. The lowest BCUT2D eigenvalue weighted by Gasteiger charge is -2.39. The van der Waals surface area contributed by atoms with Crippen LogP contribution in [0, 0.1) is 5.41 Å². The monoisotopic (exact) mass is 774 g/mol. The molecule has 0 saturated heterocycles. The Balaban J connectivity index is 1.44. The van der Waals surface area contributed by atoms with Crippen LogP contribution in [0.3, 0.4) is 0 Å². The van der Waals surface area contributed by atoms with Crippen LogP contribution in [0.15, 0.2) is 42.5 Å². The van der Waals surface area contributed by atoms with Gasteiger partial charge in [-0.2, -0.15) is 26.3 Å². The molecule has 2 aromatic carbocycles. The van der Waals surface area contributed by atoms with Gasteiger partial charge in [0.1, 0.15) is 22.7 Å². The number of carbonyl (C=O) groups is 3. The average Bonchev–Trinajstić information content (AvgIpc) is 3.76. The average molecular weight is 775 g/mol. The highest BCUT2D eigenvalue weighted by molar-refractivity contribution is 5.98. The largest absolute Gasteiger partial charge is 0.459 e. The van der Waals surface area contributed by atoms with Crippen molar-refractivity contribution in [3.63, 3.8) is 0 Å². The van der Waals surface area contributed by atoms with Crippen LogP contribution in [0.4, 0.5) is 30.7 Å². The van der Waals surface area contributed by atoms with Crippen molar-refractivity contribution in [3.8, 4) is 11.5 Å². The first-order valence-electron chi connectivity index (χ1n) is 18.2. The molecule has 298 valence electrons. The summed E-state index contributed by atoms with van der Waals surface area (Å²) in [6, 6.07) is 7.19. The van der Waals surface area contributed by atoms with E-state index < -0.39 is 82.7 Å². The van der Waals surface area contributed by atoms with Crippen molar-refractivity contribution >= 4 is 17.9 Å². The van der Waals surface area contributed by atoms with Gasteiger partial charge in [-0.05, 0) is 88.3 Å². The van der Waals surface area contributed by atoms with E-state index in [4.69, 9.17) is 18.9 Å². The molecule has 8 nitrogen and oxygen atoms in total. The van der Waals surface area contributed by atoms with E-state index >= 15 is 4.39 Å². The van der Waals surface area contributed by atoms with Crippen molar-refractivity contribution < 1.29 is 69.2 Å². The molecule has 3 aliphatic rings. The Morgan fingerprint density at radius 2 is 1.43 bits per heavy atom. The fraction of sp³-hybridized carbons (Fsp3) is 0.615. The maximum atomic E-state index is 17.1. The normalized spacial score (nSPS) is 20.9. The molecule has 2 fully saturated rings. The maximum Gasteiger partial charge on any atom is 0.430 e. The SMILES string of the molecule is CCC1(OC(=O)C(C)(CC(C)c2ccc(C(O)(C(F)(F)F)C(F)(F)F)cc2)CC(F)(CC)C(=O)Oc2cccc3c2C(=O)OC2(CCCC2)O3)CCCC1. The molecule has 15 heteroatoms. The first-order chi connectivity index (χ1) is 25.1. The molecule has 1 spiro atoms. The molecule has 0 aromatic heterocycles. The van der Waals surface area contributed by atoms with Crippen molar-refractivity contribution in [2.24, 2.45) is 5.41 Å². The molecule has 1 N–H and O–H groups in total. The Morgan fingerprint density at radius 3 is 1.96 bits per heavy atom. The number of rotatable bonds is 12. The molecule has 54 heavy (non-hydrogen) atoms. The summed E-state index contributed by atoms with van der Waals surface area (Å²) in [5, 5.41) is 9.84. The molecule has 2 aromatic rings. The Morgan fingerprint density at radius 1 is 0.852 bits per heavy atom. The lowest BCUT2D eigenvalue weighted by Crippen LogP contribution is -2.53. The van der Waals surface area contributed by atoms with Crippen molar-refractivity contribution in [1.82, 2.24) is 0 Å². The number of hydrogen-bond acceptors (Lipinski definition) is 8. The molecule has 0 bridgehead atoms. The molecule has 3 unspecified atom stereocenters. The molecular formula is C39H45F7O8. The van der Waals surface area contributed by atoms with Crippen molar-refractivity contribution in [2.45, 2.75) is 146 Å². The van der Waals surface area contributed by atoms with E-state index in [2.05, 4.69) is 0 Å². The zero-order valence-corrected chi connectivity index (χ0v) is 30.6. The Hall–Kier alpha value is -3.88. The Bertz CT molecular complexity index is 1700. The number of aliphatic hydroxyl groups is 1. The van der Waals surface area contributed by atoms with Gasteiger partial charge >= 0.3 is 30.3 Å².